The molecule has 1 amide bonds. The highest BCUT2D eigenvalue weighted by Crippen LogP contribution is 2.29. The summed E-state index contributed by atoms with van der Waals surface area (Å²) >= 11 is 1.25. The van der Waals surface area contributed by atoms with E-state index in [-0.39, 0.29) is 18.1 Å². The molecular weight excluding hydrogens is 436 g/mol. The second-order valence-electron chi connectivity index (χ2n) is 7.47. The molecule has 0 unspecified atom stereocenters. The van der Waals surface area contributed by atoms with Gasteiger partial charge in [0.2, 0.25) is 0 Å². The topological polar surface area (TPSA) is 95.8 Å². The average molecular weight is 457 g/mol. The number of amides is 1. The van der Waals surface area contributed by atoms with Crippen molar-refractivity contribution < 1.29 is 19.5 Å². The molecule has 1 aliphatic heterocycles. The number of carbonyl (C=O) groups excluding carboxylic acids is 2. The number of carboxylic acids is 1. The lowest BCUT2D eigenvalue weighted by atomic mass is 10.0. The van der Waals surface area contributed by atoms with Crippen LogP contribution < -0.4 is 5.32 Å². The van der Waals surface area contributed by atoms with Crippen LogP contribution in [0.3, 0.4) is 0 Å². The number of nitrogens with zero attached hydrogens (tertiary/aromatic N) is 1. The summed E-state index contributed by atoms with van der Waals surface area (Å²) < 4.78 is 0. The molecule has 0 bridgehead atoms. The molecule has 3 aromatic rings. The lowest BCUT2D eigenvalue weighted by molar-refractivity contribution is -0.136. The van der Waals surface area contributed by atoms with Crippen molar-refractivity contribution in [2.75, 3.05) is 0 Å². The highest BCUT2D eigenvalue weighted by Gasteiger charge is 2.23. The van der Waals surface area contributed by atoms with E-state index < -0.39 is 5.97 Å². The van der Waals surface area contributed by atoms with Crippen LogP contribution in [0.1, 0.15) is 28.4 Å². The normalized spacial score (nSPS) is 15.6. The molecule has 0 atom stereocenters. The van der Waals surface area contributed by atoms with E-state index in [2.05, 4.69) is 10.3 Å². The van der Waals surface area contributed by atoms with Gasteiger partial charge in [-0.1, -0.05) is 60.7 Å². The molecule has 2 N–H and O–H groups in total. The Balaban J connectivity index is 1.46. The van der Waals surface area contributed by atoms with Crippen molar-refractivity contribution >= 4 is 46.4 Å². The minimum Gasteiger partial charge on any atom is -0.481 e. The Kier molecular flexibility index (Phi) is 6.51. The van der Waals surface area contributed by atoms with Crippen molar-refractivity contribution in [3.05, 3.63) is 94.4 Å². The maximum absolute atomic E-state index is 12.4. The third kappa shape index (κ3) is 5.64. The number of thioether (sulfide) groups is 1. The molecule has 0 saturated carbocycles. The largest absolute Gasteiger partial charge is 0.481 e. The molecule has 1 saturated heterocycles. The summed E-state index contributed by atoms with van der Waals surface area (Å²) in [5, 5.41) is 12.1. The predicted octanol–water partition coefficient (Wildman–Crippen LogP) is 5.07. The third-order valence-electron chi connectivity index (χ3n) is 5.01. The Morgan fingerprint density at radius 3 is 2.12 bits per heavy atom. The standard InChI is InChI=1S/C26H20N2O4S/c1-16(29)19-8-10-21(11-9-19)20-6-2-17(3-7-20)14-23-25(32)28-26(33-23)27-22-12-4-18(5-13-22)15-24(30)31/h2-14H,15H2,1H3,(H,30,31)(H,27,28,32). The van der Waals surface area contributed by atoms with E-state index in [1.165, 1.54) is 11.8 Å². The van der Waals surface area contributed by atoms with Gasteiger partial charge in [-0.15, -0.1) is 0 Å². The maximum Gasteiger partial charge on any atom is 0.307 e. The van der Waals surface area contributed by atoms with Crippen LogP contribution in [0.25, 0.3) is 17.2 Å². The van der Waals surface area contributed by atoms with Crippen LogP contribution in [0.15, 0.2) is 82.7 Å². The SMILES string of the molecule is CC(=O)c1ccc(-c2ccc(C=C3SC(=Nc4ccc(CC(=O)O)cc4)NC3=O)cc2)cc1. The number of ketones is 1. The zero-order valence-corrected chi connectivity index (χ0v) is 18.6. The Hall–Kier alpha value is -3.97. The number of Topliss-reactive ketones (excluding diaryl/α,β-unsaturated/α-hetero) is 1. The van der Waals surface area contributed by atoms with E-state index in [1.807, 2.05) is 48.5 Å². The van der Waals surface area contributed by atoms with E-state index in [0.29, 0.717) is 26.9 Å². The fourth-order valence-corrected chi connectivity index (χ4v) is 4.12. The van der Waals surface area contributed by atoms with Gasteiger partial charge in [-0.05, 0) is 59.1 Å². The van der Waals surface area contributed by atoms with Crippen molar-refractivity contribution in [1.82, 2.24) is 5.32 Å². The zero-order chi connectivity index (χ0) is 23.4. The fourth-order valence-electron chi connectivity index (χ4n) is 3.28. The number of rotatable bonds is 6. The van der Waals surface area contributed by atoms with Crippen molar-refractivity contribution in [1.29, 1.82) is 0 Å². The number of hydrogen-bond acceptors (Lipinski definition) is 5. The second kappa shape index (κ2) is 9.67. The van der Waals surface area contributed by atoms with Gasteiger partial charge < -0.3 is 10.4 Å². The summed E-state index contributed by atoms with van der Waals surface area (Å²) in [7, 11) is 0. The van der Waals surface area contributed by atoms with Crippen molar-refractivity contribution in [3.63, 3.8) is 0 Å². The summed E-state index contributed by atoms with van der Waals surface area (Å²) in [5.74, 6) is -1.07. The summed E-state index contributed by atoms with van der Waals surface area (Å²) in [6.07, 6.45) is 1.76. The van der Waals surface area contributed by atoms with E-state index in [1.54, 1.807) is 37.3 Å². The molecule has 1 heterocycles. The van der Waals surface area contributed by atoms with Crippen LogP contribution in [-0.2, 0) is 16.0 Å². The molecule has 164 valence electrons. The molecular formula is C26H20N2O4S. The summed E-state index contributed by atoms with van der Waals surface area (Å²) in [6, 6.07) is 22.1. The van der Waals surface area contributed by atoms with Crippen molar-refractivity contribution in [2.45, 2.75) is 13.3 Å². The Morgan fingerprint density at radius 2 is 1.55 bits per heavy atom. The smallest absolute Gasteiger partial charge is 0.307 e. The number of aliphatic carboxylic acids is 1. The quantitative estimate of drug-likeness (QED) is 0.399. The molecule has 33 heavy (non-hydrogen) atoms. The highest BCUT2D eigenvalue weighted by molar-refractivity contribution is 8.18. The first kappa shape index (κ1) is 22.2. The number of nitrogens with one attached hydrogen (secondary N) is 1. The van der Waals surface area contributed by atoms with Gasteiger partial charge in [0.25, 0.3) is 5.91 Å². The first-order chi connectivity index (χ1) is 15.9. The van der Waals surface area contributed by atoms with Gasteiger partial charge in [-0.2, -0.15) is 0 Å². The van der Waals surface area contributed by atoms with Crippen LogP contribution in [0.4, 0.5) is 5.69 Å². The fraction of sp³-hybridized carbons (Fsp3) is 0.0769. The van der Waals surface area contributed by atoms with E-state index >= 15 is 0 Å². The molecule has 0 radical (unpaired) electrons. The molecule has 3 aromatic carbocycles. The monoisotopic (exact) mass is 456 g/mol. The van der Waals surface area contributed by atoms with Gasteiger partial charge in [0.1, 0.15) is 0 Å². The number of aliphatic imine (C=N–C) groups is 1. The summed E-state index contributed by atoms with van der Waals surface area (Å²) in [4.78, 5) is 39.5. The van der Waals surface area contributed by atoms with Crippen LogP contribution >= 0.6 is 11.8 Å². The van der Waals surface area contributed by atoms with Crippen LogP contribution in [-0.4, -0.2) is 27.9 Å². The molecule has 1 aliphatic rings. The molecule has 0 spiro atoms. The van der Waals surface area contributed by atoms with E-state index in [9.17, 15) is 14.4 Å². The minimum absolute atomic E-state index is 0.0361. The van der Waals surface area contributed by atoms with E-state index in [0.717, 1.165) is 16.7 Å². The summed E-state index contributed by atoms with van der Waals surface area (Å²) in [5.41, 5.74) is 4.91. The highest BCUT2D eigenvalue weighted by atomic mass is 32.2. The van der Waals surface area contributed by atoms with Gasteiger partial charge in [-0.25, -0.2) is 4.99 Å². The lowest BCUT2D eigenvalue weighted by Gasteiger charge is -2.04. The Labute approximate surface area is 195 Å². The third-order valence-corrected chi connectivity index (χ3v) is 5.92. The van der Waals surface area contributed by atoms with Gasteiger partial charge in [0.15, 0.2) is 11.0 Å². The predicted molar refractivity (Wildman–Crippen MR) is 130 cm³/mol. The Bertz CT molecular complexity index is 1280. The minimum atomic E-state index is -0.888. The first-order valence-corrected chi connectivity index (χ1v) is 11.0. The van der Waals surface area contributed by atoms with Crippen LogP contribution in [0, 0.1) is 0 Å². The maximum atomic E-state index is 12.4. The molecule has 1 fully saturated rings. The van der Waals surface area contributed by atoms with Gasteiger partial charge >= 0.3 is 5.97 Å². The van der Waals surface area contributed by atoms with Crippen LogP contribution in [0.2, 0.25) is 0 Å². The van der Waals surface area contributed by atoms with Gasteiger partial charge in [-0.3, -0.25) is 14.4 Å². The van der Waals surface area contributed by atoms with Gasteiger partial charge in [0, 0.05) is 5.56 Å². The molecule has 7 heteroatoms. The number of carbonyl (C=O) groups is 3. The molecule has 0 aromatic heterocycles. The van der Waals surface area contributed by atoms with Crippen LogP contribution in [0.5, 0.6) is 0 Å². The zero-order valence-electron chi connectivity index (χ0n) is 17.7. The first-order valence-electron chi connectivity index (χ1n) is 10.2. The van der Waals surface area contributed by atoms with Crippen molar-refractivity contribution in [2.24, 2.45) is 4.99 Å². The van der Waals surface area contributed by atoms with E-state index in [4.69, 9.17) is 5.11 Å². The van der Waals surface area contributed by atoms with Gasteiger partial charge in [0.05, 0.1) is 17.0 Å². The molecule has 0 aliphatic carbocycles. The van der Waals surface area contributed by atoms with Crippen molar-refractivity contribution in [3.8, 4) is 11.1 Å². The Morgan fingerprint density at radius 1 is 0.939 bits per heavy atom. The second-order valence-corrected chi connectivity index (χ2v) is 8.50. The molecule has 4 rings (SSSR count). The number of benzene rings is 3. The lowest BCUT2D eigenvalue weighted by Crippen LogP contribution is -2.19. The molecule has 6 nitrogen and oxygen atoms in total. The number of carboxylic acid groups (broad SMARTS) is 1. The number of amidine groups is 1. The average Bonchev–Trinajstić information content (AvgIpc) is 3.14. The number of hydrogen-bond donors (Lipinski definition) is 2. The summed E-state index contributed by atoms with van der Waals surface area (Å²) in [6.45, 7) is 1.54.